The zero-order valence-electron chi connectivity index (χ0n) is 13.7. The normalized spacial score (nSPS) is 10.8. The van der Waals surface area contributed by atoms with Crippen molar-refractivity contribution in [2.45, 2.75) is 13.8 Å². The van der Waals surface area contributed by atoms with E-state index in [1.54, 1.807) is 0 Å². The molecule has 2 aromatic carbocycles. The van der Waals surface area contributed by atoms with Crippen LogP contribution in [0.5, 0.6) is 5.75 Å². The van der Waals surface area contributed by atoms with E-state index < -0.39 is 0 Å². The van der Waals surface area contributed by atoms with Gasteiger partial charge in [0.15, 0.2) is 5.75 Å². The van der Waals surface area contributed by atoms with Crippen molar-refractivity contribution in [3.05, 3.63) is 59.3 Å². The maximum atomic E-state index is 12.7. The second kappa shape index (κ2) is 7.09. The molecule has 124 valence electrons. The first-order valence-corrected chi connectivity index (χ1v) is 8.90. The number of aromatic nitrogens is 1. The number of ether oxygens (including phenoxy) is 1. The van der Waals surface area contributed by atoms with Crippen LogP contribution in [0.2, 0.25) is 0 Å². The van der Waals surface area contributed by atoms with Crippen molar-refractivity contribution in [1.29, 1.82) is 0 Å². The summed E-state index contributed by atoms with van der Waals surface area (Å²) in [5.41, 5.74) is 4.43. The highest BCUT2D eigenvalue weighted by atomic mass is 79.9. The smallest absolute Gasteiger partial charge is 0.275 e. The van der Waals surface area contributed by atoms with Crippen LogP contribution in [-0.4, -0.2) is 22.8 Å². The van der Waals surface area contributed by atoms with Gasteiger partial charge in [-0.05, 0) is 49.2 Å². The summed E-state index contributed by atoms with van der Waals surface area (Å²) in [6.07, 6.45) is 0. The van der Waals surface area contributed by atoms with Gasteiger partial charge in [0, 0.05) is 21.9 Å². The van der Waals surface area contributed by atoms with Gasteiger partial charge in [-0.3, -0.25) is 4.79 Å². The number of carbonyl (C=O) groups excluding carboxylic acids is 1. The highest BCUT2D eigenvalue weighted by molar-refractivity contribution is 9.09. The van der Waals surface area contributed by atoms with Crippen molar-refractivity contribution in [3.8, 4) is 5.75 Å². The third-order valence-electron chi connectivity index (χ3n) is 3.97. The summed E-state index contributed by atoms with van der Waals surface area (Å²) in [4.78, 5) is 15.9. The molecule has 24 heavy (non-hydrogen) atoms. The van der Waals surface area contributed by atoms with E-state index in [-0.39, 0.29) is 5.91 Å². The third-order valence-corrected chi connectivity index (χ3v) is 4.30. The summed E-state index contributed by atoms with van der Waals surface area (Å²) in [6, 6.07) is 13.6. The van der Waals surface area contributed by atoms with Gasteiger partial charge in [-0.25, -0.2) is 0 Å². The molecule has 3 aromatic rings. The Morgan fingerprint density at radius 3 is 2.71 bits per heavy atom. The minimum absolute atomic E-state index is 0.209. The molecule has 0 aliphatic heterocycles. The number of para-hydroxylation sites is 1. The van der Waals surface area contributed by atoms with Gasteiger partial charge in [-0.2, -0.15) is 0 Å². The van der Waals surface area contributed by atoms with Crippen molar-refractivity contribution in [3.63, 3.8) is 0 Å². The molecule has 0 aliphatic rings. The zero-order chi connectivity index (χ0) is 17.1. The molecule has 0 saturated carbocycles. The van der Waals surface area contributed by atoms with Gasteiger partial charge in [0.2, 0.25) is 0 Å². The Labute approximate surface area is 149 Å². The molecule has 1 amide bonds. The van der Waals surface area contributed by atoms with E-state index in [0.717, 1.165) is 22.2 Å². The number of anilines is 1. The maximum absolute atomic E-state index is 12.7. The fourth-order valence-corrected chi connectivity index (χ4v) is 2.74. The Hall–Kier alpha value is -2.27. The van der Waals surface area contributed by atoms with Crippen molar-refractivity contribution < 1.29 is 9.53 Å². The van der Waals surface area contributed by atoms with Crippen LogP contribution in [0.4, 0.5) is 5.69 Å². The van der Waals surface area contributed by atoms with Gasteiger partial charge in [-0.1, -0.05) is 34.1 Å². The van der Waals surface area contributed by atoms with Crippen LogP contribution in [-0.2, 0) is 0 Å². The molecule has 1 aromatic heterocycles. The molecule has 0 atom stereocenters. The lowest BCUT2D eigenvalue weighted by molar-refractivity contribution is 0.101. The van der Waals surface area contributed by atoms with Crippen molar-refractivity contribution in [2.24, 2.45) is 0 Å². The Bertz CT molecular complexity index is 886. The van der Waals surface area contributed by atoms with Crippen molar-refractivity contribution in [1.82, 2.24) is 4.98 Å². The molecular formula is C19H19BrN2O2. The van der Waals surface area contributed by atoms with Crippen molar-refractivity contribution in [2.75, 3.05) is 17.3 Å². The summed E-state index contributed by atoms with van der Waals surface area (Å²) >= 11 is 3.35. The molecule has 4 nitrogen and oxygen atoms in total. The van der Waals surface area contributed by atoms with E-state index in [4.69, 9.17) is 4.74 Å². The summed E-state index contributed by atoms with van der Waals surface area (Å²) in [7, 11) is 0. The number of hydrogen-bond donors (Lipinski definition) is 2. The number of carbonyl (C=O) groups is 1. The third kappa shape index (κ3) is 3.31. The molecule has 0 unspecified atom stereocenters. The number of rotatable bonds is 5. The van der Waals surface area contributed by atoms with Crippen LogP contribution >= 0.6 is 15.9 Å². The molecule has 3 rings (SSSR count). The molecular weight excluding hydrogens is 368 g/mol. The minimum Gasteiger partial charge on any atom is -0.490 e. The Kier molecular flexibility index (Phi) is 4.90. The number of alkyl halides is 1. The van der Waals surface area contributed by atoms with E-state index in [9.17, 15) is 4.79 Å². The maximum Gasteiger partial charge on any atom is 0.275 e. The second-order valence-corrected chi connectivity index (χ2v) is 6.46. The number of hydrogen-bond acceptors (Lipinski definition) is 2. The summed E-state index contributed by atoms with van der Waals surface area (Å²) < 4.78 is 5.80. The first kappa shape index (κ1) is 16.6. The van der Waals surface area contributed by atoms with E-state index in [2.05, 4.69) is 26.2 Å². The number of aryl methyl sites for hydroxylation is 2. The summed E-state index contributed by atoms with van der Waals surface area (Å²) in [6.45, 7) is 4.56. The second-order valence-electron chi connectivity index (χ2n) is 5.67. The summed E-state index contributed by atoms with van der Waals surface area (Å²) in [5.74, 6) is 0.380. The van der Waals surface area contributed by atoms with E-state index in [1.807, 2.05) is 56.3 Å². The van der Waals surface area contributed by atoms with Crippen LogP contribution in [0.15, 0.2) is 42.5 Å². The Morgan fingerprint density at radius 1 is 1.17 bits per heavy atom. The van der Waals surface area contributed by atoms with Crippen molar-refractivity contribution >= 4 is 38.4 Å². The lowest BCUT2D eigenvalue weighted by Gasteiger charge is -2.09. The lowest BCUT2D eigenvalue weighted by Crippen LogP contribution is -2.14. The van der Waals surface area contributed by atoms with E-state index >= 15 is 0 Å². The standard InChI is InChI=1S/C19H19BrN2O2/c1-12-7-8-14(11-13(12)2)21-19(23)17-18(24-10-9-20)15-5-3-4-6-16(15)22-17/h3-8,11,22H,9-10H2,1-2H3,(H,21,23). The van der Waals surface area contributed by atoms with Gasteiger partial charge >= 0.3 is 0 Å². The number of halogens is 1. The van der Waals surface area contributed by atoms with Gasteiger partial charge in [0.1, 0.15) is 5.69 Å². The van der Waals surface area contributed by atoms with Crippen LogP contribution in [0.25, 0.3) is 10.9 Å². The number of nitrogens with one attached hydrogen (secondary N) is 2. The first-order valence-electron chi connectivity index (χ1n) is 7.78. The summed E-state index contributed by atoms with van der Waals surface area (Å²) in [5, 5.41) is 4.55. The SMILES string of the molecule is Cc1ccc(NC(=O)c2[nH]c3ccccc3c2OCCBr)cc1C. The predicted octanol–water partition coefficient (Wildman–Crippen LogP) is 4.81. The molecule has 5 heteroatoms. The van der Waals surface area contributed by atoms with Crippen LogP contribution < -0.4 is 10.1 Å². The molecule has 0 fully saturated rings. The lowest BCUT2D eigenvalue weighted by atomic mass is 10.1. The van der Waals surface area contributed by atoms with Gasteiger partial charge in [0.05, 0.1) is 6.61 Å². The minimum atomic E-state index is -0.209. The number of H-pyrrole nitrogens is 1. The zero-order valence-corrected chi connectivity index (χ0v) is 15.2. The molecule has 0 radical (unpaired) electrons. The van der Waals surface area contributed by atoms with E-state index in [1.165, 1.54) is 5.56 Å². The highest BCUT2D eigenvalue weighted by Crippen LogP contribution is 2.31. The van der Waals surface area contributed by atoms with Gasteiger partial charge < -0.3 is 15.0 Å². The average molecular weight is 387 g/mol. The molecule has 2 N–H and O–H groups in total. The predicted molar refractivity (Wildman–Crippen MR) is 101 cm³/mol. The largest absolute Gasteiger partial charge is 0.490 e. The van der Waals surface area contributed by atoms with Gasteiger partial charge in [0.25, 0.3) is 5.91 Å². The van der Waals surface area contributed by atoms with E-state index in [0.29, 0.717) is 23.4 Å². The topological polar surface area (TPSA) is 54.1 Å². The first-order chi connectivity index (χ1) is 11.6. The average Bonchev–Trinajstić information content (AvgIpc) is 2.95. The molecule has 0 bridgehead atoms. The number of benzene rings is 2. The quantitative estimate of drug-likeness (QED) is 0.618. The van der Waals surface area contributed by atoms with Crippen LogP contribution in [0.3, 0.4) is 0 Å². The fourth-order valence-electron chi connectivity index (χ4n) is 2.58. The number of fused-ring (bicyclic) bond motifs is 1. The highest BCUT2D eigenvalue weighted by Gasteiger charge is 2.19. The molecule has 0 spiro atoms. The Balaban J connectivity index is 1.94. The molecule has 1 heterocycles. The Morgan fingerprint density at radius 2 is 1.96 bits per heavy atom. The number of amides is 1. The monoisotopic (exact) mass is 386 g/mol. The van der Waals surface area contributed by atoms with Crippen LogP contribution in [0.1, 0.15) is 21.6 Å². The molecule has 0 aliphatic carbocycles. The van der Waals surface area contributed by atoms with Gasteiger partial charge in [-0.15, -0.1) is 0 Å². The van der Waals surface area contributed by atoms with Crippen LogP contribution in [0, 0.1) is 13.8 Å². The number of aromatic amines is 1. The fraction of sp³-hybridized carbons (Fsp3) is 0.211. The molecule has 0 saturated heterocycles.